The topological polar surface area (TPSA) is 99.2 Å². The van der Waals surface area contributed by atoms with Crippen molar-refractivity contribution >= 4 is 5.82 Å². The minimum absolute atomic E-state index is 0.0602. The molecule has 0 radical (unpaired) electrons. The van der Waals surface area contributed by atoms with Gasteiger partial charge in [-0.3, -0.25) is 4.63 Å². The van der Waals surface area contributed by atoms with Crippen molar-refractivity contribution in [2.75, 3.05) is 5.73 Å². The zero-order chi connectivity index (χ0) is 6.85. The van der Waals surface area contributed by atoms with Gasteiger partial charge in [-0.25, -0.2) is 0 Å². The van der Waals surface area contributed by atoms with E-state index in [1.165, 1.54) is 0 Å². The summed E-state index contributed by atoms with van der Waals surface area (Å²) in [6, 6.07) is 0. The Bertz CT molecular complexity index is 189. The molecule has 0 aromatic carbocycles. The molecule has 1 aromatic rings. The average molecular weight is 131 g/mol. The normalized spacial score (nSPS) is 9.89. The van der Waals surface area contributed by atoms with Crippen LogP contribution in [-0.2, 0) is 6.61 Å². The Morgan fingerprint density at radius 1 is 1.89 bits per heavy atom. The molecule has 1 heterocycles. The van der Waals surface area contributed by atoms with Crippen LogP contribution in [0.1, 0.15) is 5.69 Å². The van der Waals surface area contributed by atoms with Gasteiger partial charge in [0.05, 0.1) is 5.16 Å². The predicted octanol–water partition coefficient (Wildman–Crippen LogP) is -1.62. The monoisotopic (exact) mass is 131 g/mol. The van der Waals surface area contributed by atoms with Crippen LogP contribution in [0.25, 0.3) is 0 Å². The molecular weight excluding hydrogens is 126 g/mol. The first-order valence-corrected chi connectivity index (χ1v) is 2.20. The van der Waals surface area contributed by atoms with Crippen molar-refractivity contribution in [3.8, 4) is 0 Å². The Kier molecular flexibility index (Phi) is 1.23. The minimum Gasteiger partial charge on any atom is -0.387 e. The van der Waals surface area contributed by atoms with E-state index < -0.39 is 6.61 Å². The molecule has 0 aliphatic rings. The third kappa shape index (κ3) is 0.789. The molecule has 0 aliphatic heterocycles. The fourth-order valence-corrected chi connectivity index (χ4v) is 0.415. The number of aromatic nitrogens is 2. The van der Waals surface area contributed by atoms with Crippen molar-refractivity contribution in [1.29, 1.82) is 0 Å². The summed E-state index contributed by atoms with van der Waals surface area (Å²) in [4.78, 5) is 0.0648. The van der Waals surface area contributed by atoms with Gasteiger partial charge in [-0.05, 0) is 4.90 Å². The van der Waals surface area contributed by atoms with E-state index in [-0.39, 0.29) is 16.4 Å². The molecule has 0 amide bonds. The van der Waals surface area contributed by atoms with Crippen molar-refractivity contribution < 1.29 is 14.6 Å². The van der Waals surface area contributed by atoms with E-state index in [1.807, 2.05) is 0 Å². The number of rotatable bonds is 1. The van der Waals surface area contributed by atoms with Crippen LogP contribution in [0.2, 0.25) is 0 Å². The van der Waals surface area contributed by atoms with Gasteiger partial charge in [0.15, 0.2) is 0 Å². The van der Waals surface area contributed by atoms with E-state index >= 15 is 0 Å². The quantitative estimate of drug-likeness (QED) is 0.446. The number of hydrogen-bond acceptors (Lipinski definition) is 5. The van der Waals surface area contributed by atoms with Crippen LogP contribution in [0, 0.1) is 5.21 Å². The number of nitrogens with two attached hydrogens (primary N) is 1. The molecule has 0 saturated carbocycles. The summed E-state index contributed by atoms with van der Waals surface area (Å²) < 4.78 is 4.01. The molecule has 0 bridgehead atoms. The summed E-state index contributed by atoms with van der Waals surface area (Å²) in [6.07, 6.45) is 0. The van der Waals surface area contributed by atoms with E-state index in [1.54, 1.807) is 0 Å². The third-order valence-corrected chi connectivity index (χ3v) is 0.879. The minimum atomic E-state index is -0.459. The highest BCUT2D eigenvalue weighted by molar-refractivity contribution is 5.27. The fourth-order valence-electron chi connectivity index (χ4n) is 0.415. The molecule has 0 atom stereocenters. The predicted molar refractivity (Wildman–Crippen MR) is 25.8 cm³/mol. The van der Waals surface area contributed by atoms with Crippen molar-refractivity contribution in [2.24, 2.45) is 0 Å². The van der Waals surface area contributed by atoms with Gasteiger partial charge in [0, 0.05) is 0 Å². The molecule has 9 heavy (non-hydrogen) atoms. The lowest BCUT2D eigenvalue weighted by atomic mass is 10.5. The Labute approximate surface area is 50.0 Å². The largest absolute Gasteiger partial charge is 0.387 e. The van der Waals surface area contributed by atoms with E-state index in [9.17, 15) is 5.21 Å². The van der Waals surface area contributed by atoms with Gasteiger partial charge in [0.25, 0.3) is 0 Å². The van der Waals surface area contributed by atoms with Gasteiger partial charge in [-0.2, -0.15) is 0 Å². The standard InChI is InChI=1S/C3H5N3O3/c4-3-2(1-7)6(8)9-5-3/h7H,1H2,(H2,4,5). The van der Waals surface area contributed by atoms with Crippen LogP contribution in [0.5, 0.6) is 0 Å². The van der Waals surface area contributed by atoms with Crippen LogP contribution in [-0.4, -0.2) is 10.3 Å². The van der Waals surface area contributed by atoms with Crippen LogP contribution < -0.4 is 10.6 Å². The number of nitrogen functional groups attached to an aromatic ring is 1. The van der Waals surface area contributed by atoms with Crippen molar-refractivity contribution in [1.82, 2.24) is 5.16 Å². The van der Waals surface area contributed by atoms with Gasteiger partial charge in [-0.15, -0.1) is 0 Å². The second kappa shape index (κ2) is 1.90. The number of anilines is 1. The molecule has 0 spiro atoms. The molecule has 1 rings (SSSR count). The number of aliphatic hydroxyl groups is 1. The number of hydrogen-bond donors (Lipinski definition) is 2. The molecule has 0 saturated heterocycles. The van der Waals surface area contributed by atoms with Crippen molar-refractivity contribution in [3.63, 3.8) is 0 Å². The highest BCUT2D eigenvalue weighted by atomic mass is 16.8. The van der Waals surface area contributed by atoms with E-state index in [2.05, 4.69) is 9.79 Å². The van der Waals surface area contributed by atoms with Crippen LogP contribution in [0.3, 0.4) is 0 Å². The molecule has 1 aromatic heterocycles. The van der Waals surface area contributed by atoms with Crippen molar-refractivity contribution in [3.05, 3.63) is 10.9 Å². The fraction of sp³-hybridized carbons (Fsp3) is 0.333. The van der Waals surface area contributed by atoms with Crippen LogP contribution >= 0.6 is 0 Å². The van der Waals surface area contributed by atoms with Gasteiger partial charge in [-0.1, -0.05) is 0 Å². The van der Waals surface area contributed by atoms with E-state index in [0.29, 0.717) is 0 Å². The summed E-state index contributed by atoms with van der Waals surface area (Å²) >= 11 is 0. The number of aliphatic hydroxyl groups excluding tert-OH is 1. The molecule has 0 aliphatic carbocycles. The maximum atomic E-state index is 10.3. The maximum absolute atomic E-state index is 10.3. The smallest absolute Gasteiger partial charge is 0.310 e. The summed E-state index contributed by atoms with van der Waals surface area (Å²) in [5.74, 6) is -0.0764. The Balaban J connectivity index is 3.07. The third-order valence-electron chi connectivity index (χ3n) is 0.879. The molecule has 6 nitrogen and oxygen atoms in total. The second-order valence-electron chi connectivity index (χ2n) is 1.42. The molecule has 6 heteroatoms. The lowest BCUT2D eigenvalue weighted by Gasteiger charge is -1.86. The van der Waals surface area contributed by atoms with E-state index in [0.717, 1.165) is 0 Å². The summed E-state index contributed by atoms with van der Waals surface area (Å²) in [5, 5.41) is 21.8. The molecule has 50 valence electrons. The molecular formula is C3H5N3O3. The average Bonchev–Trinajstić information content (AvgIpc) is 2.12. The molecule has 3 N–H and O–H groups in total. The summed E-state index contributed by atoms with van der Waals surface area (Å²) in [6.45, 7) is -0.459. The van der Waals surface area contributed by atoms with E-state index in [4.69, 9.17) is 10.8 Å². The highest BCUT2D eigenvalue weighted by Crippen LogP contribution is 1.99. The van der Waals surface area contributed by atoms with Gasteiger partial charge >= 0.3 is 5.82 Å². The Morgan fingerprint density at radius 3 is 2.78 bits per heavy atom. The first kappa shape index (κ1) is 5.83. The first-order chi connectivity index (χ1) is 4.25. The highest BCUT2D eigenvalue weighted by Gasteiger charge is 2.12. The van der Waals surface area contributed by atoms with Crippen LogP contribution in [0.4, 0.5) is 5.82 Å². The Hall–Kier alpha value is -1.30. The summed E-state index contributed by atoms with van der Waals surface area (Å²) in [5.41, 5.74) is 5.01. The Morgan fingerprint density at radius 2 is 2.56 bits per heavy atom. The zero-order valence-electron chi connectivity index (χ0n) is 4.44. The second-order valence-corrected chi connectivity index (χ2v) is 1.42. The zero-order valence-corrected chi connectivity index (χ0v) is 4.44. The van der Waals surface area contributed by atoms with Crippen molar-refractivity contribution in [2.45, 2.75) is 6.61 Å². The number of nitrogens with zero attached hydrogens (tertiary/aromatic N) is 2. The lowest BCUT2D eigenvalue weighted by molar-refractivity contribution is -0.809. The van der Waals surface area contributed by atoms with Gasteiger partial charge in [0.1, 0.15) is 6.61 Å². The van der Waals surface area contributed by atoms with Gasteiger partial charge < -0.3 is 16.0 Å². The first-order valence-electron chi connectivity index (χ1n) is 2.20. The summed E-state index contributed by atoms with van der Waals surface area (Å²) in [7, 11) is 0. The lowest BCUT2D eigenvalue weighted by Crippen LogP contribution is -2.28. The molecule has 0 unspecified atom stereocenters. The van der Waals surface area contributed by atoms with Gasteiger partial charge in [0.2, 0.25) is 5.69 Å². The van der Waals surface area contributed by atoms with Crippen LogP contribution in [0.15, 0.2) is 4.63 Å². The molecule has 0 fully saturated rings. The maximum Gasteiger partial charge on any atom is 0.310 e. The SMILES string of the molecule is Nc1no[n+]([O-])c1CO.